The predicted molar refractivity (Wildman–Crippen MR) is 135 cm³/mol. The number of carboxylic acids is 1. The first-order valence-corrected chi connectivity index (χ1v) is 13.7. The van der Waals surface area contributed by atoms with E-state index in [-0.39, 0.29) is 16.7 Å². The lowest BCUT2D eigenvalue weighted by Gasteiger charge is -2.41. The molecule has 1 aliphatic heterocycles. The minimum Gasteiger partial charge on any atom is -0.481 e. The van der Waals surface area contributed by atoms with Crippen molar-refractivity contribution in [1.82, 2.24) is 4.31 Å². The molecule has 1 saturated heterocycles. The second-order valence-electron chi connectivity index (χ2n) is 8.65. The van der Waals surface area contributed by atoms with Crippen molar-refractivity contribution in [3.8, 4) is 0 Å². The number of piperidine rings is 1. The van der Waals surface area contributed by atoms with Gasteiger partial charge in [0.15, 0.2) is 0 Å². The third kappa shape index (κ3) is 5.22. The standard InChI is InChI=1S/C27H29NO4S2/c1-3-20-11-13-21(14-12-20)25-17-26(33-22-7-5-4-6-8-22)24(27(29)30)18-28(25)34(31,32)23-15-9-19(2)10-16-23/h4-16,24-26H,3,17-18H2,1-2H3,(H,29,30)/t24-,25+,26-/m1/s1. The number of carbonyl (C=O) groups is 1. The van der Waals surface area contributed by atoms with Crippen LogP contribution in [0.2, 0.25) is 0 Å². The normalized spacial score (nSPS) is 21.3. The van der Waals surface area contributed by atoms with Crippen LogP contribution in [0, 0.1) is 12.8 Å². The number of aliphatic carboxylic acids is 1. The zero-order valence-electron chi connectivity index (χ0n) is 19.3. The Hall–Kier alpha value is -2.61. The van der Waals surface area contributed by atoms with Crippen LogP contribution in [0.4, 0.5) is 0 Å². The summed E-state index contributed by atoms with van der Waals surface area (Å²) in [6, 6.07) is 24.0. The molecule has 0 bridgehead atoms. The lowest BCUT2D eigenvalue weighted by Crippen LogP contribution is -2.49. The van der Waals surface area contributed by atoms with Crippen molar-refractivity contribution in [1.29, 1.82) is 0 Å². The second-order valence-corrected chi connectivity index (χ2v) is 11.9. The van der Waals surface area contributed by atoms with Gasteiger partial charge in [0, 0.05) is 16.7 Å². The first kappa shape index (κ1) is 24.5. The van der Waals surface area contributed by atoms with Crippen molar-refractivity contribution in [2.75, 3.05) is 6.54 Å². The van der Waals surface area contributed by atoms with Crippen molar-refractivity contribution in [3.63, 3.8) is 0 Å². The van der Waals surface area contributed by atoms with E-state index in [2.05, 4.69) is 6.92 Å². The van der Waals surface area contributed by atoms with Crippen LogP contribution in [0.25, 0.3) is 0 Å². The number of aryl methyl sites for hydroxylation is 2. The maximum atomic E-state index is 13.8. The highest BCUT2D eigenvalue weighted by atomic mass is 32.2. The Morgan fingerprint density at radius 3 is 2.24 bits per heavy atom. The Morgan fingerprint density at radius 2 is 1.65 bits per heavy atom. The molecule has 3 aromatic carbocycles. The molecule has 5 nitrogen and oxygen atoms in total. The van der Waals surface area contributed by atoms with Crippen molar-refractivity contribution >= 4 is 27.8 Å². The molecule has 1 fully saturated rings. The van der Waals surface area contributed by atoms with E-state index in [0.717, 1.165) is 22.4 Å². The number of hydrogen-bond donors (Lipinski definition) is 1. The smallest absolute Gasteiger partial charge is 0.308 e. The molecule has 0 amide bonds. The molecule has 0 aliphatic carbocycles. The lowest BCUT2D eigenvalue weighted by atomic mass is 9.90. The van der Waals surface area contributed by atoms with Gasteiger partial charge in [-0.2, -0.15) is 4.31 Å². The summed E-state index contributed by atoms with van der Waals surface area (Å²) in [4.78, 5) is 13.5. The summed E-state index contributed by atoms with van der Waals surface area (Å²) >= 11 is 1.52. The van der Waals surface area contributed by atoms with Crippen LogP contribution in [-0.2, 0) is 21.2 Å². The Morgan fingerprint density at radius 1 is 1.00 bits per heavy atom. The van der Waals surface area contributed by atoms with Gasteiger partial charge in [-0.15, -0.1) is 11.8 Å². The minimum absolute atomic E-state index is 0.0732. The van der Waals surface area contributed by atoms with Crippen molar-refractivity contribution in [2.24, 2.45) is 5.92 Å². The highest BCUT2D eigenvalue weighted by Gasteiger charge is 2.45. The average Bonchev–Trinajstić information content (AvgIpc) is 2.84. The Kier molecular flexibility index (Phi) is 7.45. The molecule has 3 atom stereocenters. The summed E-state index contributed by atoms with van der Waals surface area (Å²) in [5, 5.41) is 9.80. The van der Waals surface area contributed by atoms with Crippen LogP contribution in [0.15, 0.2) is 88.7 Å². The quantitative estimate of drug-likeness (QED) is 0.465. The molecule has 34 heavy (non-hydrogen) atoms. The molecular weight excluding hydrogens is 466 g/mol. The molecule has 0 spiro atoms. The van der Waals surface area contributed by atoms with Gasteiger partial charge in [-0.25, -0.2) is 8.42 Å². The average molecular weight is 496 g/mol. The molecule has 1 heterocycles. The third-order valence-electron chi connectivity index (χ3n) is 6.38. The molecule has 4 rings (SSSR count). The van der Waals surface area contributed by atoms with Gasteiger partial charge in [-0.05, 0) is 55.2 Å². The molecular formula is C27H29NO4S2. The van der Waals surface area contributed by atoms with Crippen LogP contribution in [0.5, 0.6) is 0 Å². The number of sulfonamides is 1. The predicted octanol–water partition coefficient (Wildman–Crippen LogP) is 5.55. The summed E-state index contributed by atoms with van der Waals surface area (Å²) in [6.45, 7) is 3.91. The van der Waals surface area contributed by atoms with Gasteiger partial charge in [-0.1, -0.05) is 67.1 Å². The summed E-state index contributed by atoms with van der Waals surface area (Å²) in [7, 11) is -3.89. The van der Waals surface area contributed by atoms with Crippen molar-refractivity contribution in [3.05, 3.63) is 95.6 Å². The number of carboxylic acid groups (broad SMARTS) is 1. The zero-order valence-corrected chi connectivity index (χ0v) is 20.9. The lowest BCUT2D eigenvalue weighted by molar-refractivity contribution is -0.143. The van der Waals surface area contributed by atoms with E-state index in [0.29, 0.717) is 6.42 Å². The van der Waals surface area contributed by atoms with E-state index in [1.807, 2.05) is 61.5 Å². The summed E-state index contributed by atoms with van der Waals surface area (Å²) in [5.74, 6) is -1.80. The molecule has 0 unspecified atom stereocenters. The van der Waals surface area contributed by atoms with Gasteiger partial charge in [0.1, 0.15) is 0 Å². The molecule has 7 heteroatoms. The maximum Gasteiger partial charge on any atom is 0.308 e. The van der Waals surface area contributed by atoms with Crippen LogP contribution in [0.3, 0.4) is 0 Å². The van der Waals surface area contributed by atoms with Gasteiger partial charge < -0.3 is 5.11 Å². The third-order valence-corrected chi connectivity index (χ3v) is 9.63. The molecule has 0 aromatic heterocycles. The van der Waals surface area contributed by atoms with E-state index in [1.165, 1.54) is 21.6 Å². The molecule has 178 valence electrons. The van der Waals surface area contributed by atoms with Crippen LogP contribution in [-0.4, -0.2) is 35.6 Å². The van der Waals surface area contributed by atoms with Crippen LogP contribution in [0.1, 0.15) is 36.1 Å². The zero-order chi connectivity index (χ0) is 24.3. The summed E-state index contributed by atoms with van der Waals surface area (Å²) < 4.78 is 28.9. The fourth-order valence-corrected chi connectivity index (χ4v) is 7.33. The topological polar surface area (TPSA) is 74.7 Å². The van der Waals surface area contributed by atoms with Crippen molar-refractivity contribution in [2.45, 2.75) is 47.8 Å². The number of benzene rings is 3. The van der Waals surface area contributed by atoms with Crippen molar-refractivity contribution < 1.29 is 18.3 Å². The Bertz CT molecular complexity index is 1230. The molecule has 1 N–H and O–H groups in total. The molecule has 0 saturated carbocycles. The van der Waals surface area contributed by atoms with Crippen LogP contribution < -0.4 is 0 Å². The summed E-state index contributed by atoms with van der Waals surface area (Å²) in [6.07, 6.45) is 1.30. The van der Waals surface area contributed by atoms with Crippen LogP contribution >= 0.6 is 11.8 Å². The molecule has 3 aromatic rings. The van der Waals surface area contributed by atoms with Gasteiger partial charge >= 0.3 is 5.97 Å². The van der Waals surface area contributed by atoms with Gasteiger partial charge in [0.25, 0.3) is 0 Å². The van der Waals surface area contributed by atoms with E-state index in [9.17, 15) is 18.3 Å². The van der Waals surface area contributed by atoms with E-state index >= 15 is 0 Å². The Balaban J connectivity index is 1.75. The highest BCUT2D eigenvalue weighted by molar-refractivity contribution is 8.00. The fraction of sp³-hybridized carbons (Fsp3) is 0.296. The van der Waals surface area contributed by atoms with E-state index in [4.69, 9.17) is 0 Å². The van der Waals surface area contributed by atoms with Gasteiger partial charge in [-0.3, -0.25) is 4.79 Å². The number of nitrogens with zero attached hydrogens (tertiary/aromatic N) is 1. The van der Waals surface area contributed by atoms with Gasteiger partial charge in [0.05, 0.1) is 16.9 Å². The van der Waals surface area contributed by atoms with E-state index in [1.54, 1.807) is 24.3 Å². The Labute approximate surface area is 205 Å². The monoisotopic (exact) mass is 495 g/mol. The largest absolute Gasteiger partial charge is 0.481 e. The fourth-order valence-electron chi connectivity index (χ4n) is 4.37. The maximum absolute atomic E-state index is 13.8. The highest BCUT2D eigenvalue weighted by Crippen LogP contribution is 2.44. The molecule has 1 aliphatic rings. The second kappa shape index (κ2) is 10.3. The van der Waals surface area contributed by atoms with Gasteiger partial charge in [0.2, 0.25) is 10.0 Å². The summed E-state index contributed by atoms with van der Waals surface area (Å²) in [5.41, 5.74) is 3.02. The number of hydrogen-bond acceptors (Lipinski definition) is 4. The SMILES string of the molecule is CCc1ccc([C@@H]2C[C@@H](Sc3ccccc3)[C@H](C(=O)O)CN2S(=O)(=O)c2ccc(C)cc2)cc1. The van der Waals surface area contributed by atoms with E-state index < -0.39 is 28.0 Å². The minimum atomic E-state index is -3.89. The molecule has 0 radical (unpaired) electrons. The number of thioether (sulfide) groups is 1. The number of rotatable bonds is 7. The first-order valence-electron chi connectivity index (χ1n) is 11.4. The first-order chi connectivity index (χ1) is 16.3.